The monoisotopic (exact) mass is 280 g/mol. The van der Waals surface area contributed by atoms with Gasteiger partial charge in [-0.1, -0.05) is 0 Å². The summed E-state index contributed by atoms with van der Waals surface area (Å²) in [5.41, 5.74) is 1.13. The molecule has 0 saturated heterocycles. The fraction of sp³-hybridized carbons (Fsp3) is 0.273. The highest BCUT2D eigenvalue weighted by Crippen LogP contribution is 2.16. The minimum Gasteiger partial charge on any atom is -0.368 e. The lowest BCUT2D eigenvalue weighted by molar-refractivity contribution is 0.637. The lowest BCUT2D eigenvalue weighted by Gasteiger charge is -2.08. The summed E-state index contributed by atoms with van der Waals surface area (Å²) in [5, 5.41) is 7.42. The zero-order chi connectivity index (χ0) is 11.4. The Morgan fingerprint density at radius 2 is 2.38 bits per heavy atom. The number of rotatable bonds is 4. The van der Waals surface area contributed by atoms with Crippen molar-refractivity contribution in [2.45, 2.75) is 13.5 Å². The van der Waals surface area contributed by atoms with Crippen LogP contribution >= 0.6 is 15.9 Å². The van der Waals surface area contributed by atoms with Crippen molar-refractivity contribution in [1.82, 2.24) is 14.8 Å². The van der Waals surface area contributed by atoms with E-state index < -0.39 is 0 Å². The van der Waals surface area contributed by atoms with Gasteiger partial charge in [-0.15, -0.1) is 0 Å². The highest BCUT2D eigenvalue weighted by atomic mass is 79.9. The van der Waals surface area contributed by atoms with Gasteiger partial charge in [0.05, 0.1) is 6.54 Å². The lowest BCUT2D eigenvalue weighted by atomic mass is 10.3. The van der Waals surface area contributed by atoms with Crippen LogP contribution in [-0.2, 0) is 6.54 Å². The molecule has 0 atom stereocenters. The first-order valence-electron chi connectivity index (χ1n) is 5.09. The molecular formula is C11H13BrN4. The molecule has 2 aromatic heterocycles. The van der Waals surface area contributed by atoms with E-state index in [0.717, 1.165) is 28.9 Å². The highest BCUT2D eigenvalue weighted by Gasteiger charge is 1.99. The minimum atomic E-state index is 0.817. The fourth-order valence-electron chi connectivity index (χ4n) is 1.45. The van der Waals surface area contributed by atoms with Crippen LogP contribution in [0.15, 0.2) is 35.2 Å². The molecular weight excluding hydrogens is 268 g/mol. The second-order valence-electron chi connectivity index (χ2n) is 3.51. The Hall–Kier alpha value is -1.36. The summed E-state index contributed by atoms with van der Waals surface area (Å²) < 4.78 is 2.89. The average molecular weight is 281 g/mol. The Morgan fingerprint density at radius 1 is 1.50 bits per heavy atom. The summed E-state index contributed by atoms with van der Waals surface area (Å²) in [7, 11) is 0. The molecule has 0 spiro atoms. The molecule has 5 heteroatoms. The van der Waals surface area contributed by atoms with Crippen molar-refractivity contribution in [3.05, 3.63) is 40.8 Å². The van der Waals surface area contributed by atoms with Gasteiger partial charge in [-0.3, -0.25) is 4.68 Å². The van der Waals surface area contributed by atoms with Crippen molar-refractivity contribution in [2.24, 2.45) is 0 Å². The number of nitrogens with zero attached hydrogens (tertiary/aromatic N) is 3. The second kappa shape index (κ2) is 5.12. The topological polar surface area (TPSA) is 42.7 Å². The van der Waals surface area contributed by atoms with Crippen LogP contribution in [0.4, 0.5) is 5.82 Å². The van der Waals surface area contributed by atoms with E-state index in [4.69, 9.17) is 0 Å². The van der Waals surface area contributed by atoms with Gasteiger partial charge < -0.3 is 5.32 Å². The quantitative estimate of drug-likeness (QED) is 0.936. The fourth-order valence-corrected chi connectivity index (χ4v) is 1.89. The van der Waals surface area contributed by atoms with E-state index >= 15 is 0 Å². The van der Waals surface area contributed by atoms with Crippen LogP contribution in [0, 0.1) is 6.92 Å². The first-order chi connectivity index (χ1) is 7.75. The van der Waals surface area contributed by atoms with Gasteiger partial charge in [-0.2, -0.15) is 5.10 Å². The molecule has 1 N–H and O–H groups in total. The van der Waals surface area contributed by atoms with E-state index in [1.807, 2.05) is 29.9 Å². The highest BCUT2D eigenvalue weighted by molar-refractivity contribution is 9.10. The van der Waals surface area contributed by atoms with Crippen LogP contribution in [-0.4, -0.2) is 21.3 Å². The predicted molar refractivity (Wildman–Crippen MR) is 67.4 cm³/mol. The minimum absolute atomic E-state index is 0.817. The maximum atomic E-state index is 4.31. The number of anilines is 1. The van der Waals surface area contributed by atoms with Crippen LogP contribution in [0.25, 0.3) is 0 Å². The van der Waals surface area contributed by atoms with E-state index in [9.17, 15) is 0 Å². The molecule has 0 fully saturated rings. The summed E-state index contributed by atoms with van der Waals surface area (Å²) in [6.07, 6.45) is 5.52. The van der Waals surface area contributed by atoms with Crippen molar-refractivity contribution in [3.63, 3.8) is 0 Å². The van der Waals surface area contributed by atoms with Crippen LogP contribution in [0.1, 0.15) is 5.56 Å². The van der Waals surface area contributed by atoms with Gasteiger partial charge in [-0.25, -0.2) is 4.98 Å². The molecule has 0 aliphatic rings. The SMILES string of the molecule is Cc1cc(Br)cnc1NCCn1cccn1. The standard InChI is InChI=1S/C11H13BrN4/c1-9-7-10(12)8-14-11(9)13-4-6-16-5-2-3-15-16/h2-3,5,7-8H,4,6H2,1H3,(H,13,14). The van der Waals surface area contributed by atoms with E-state index in [1.54, 1.807) is 12.4 Å². The third-order valence-corrected chi connectivity index (χ3v) is 2.67. The Bertz CT molecular complexity index is 453. The Balaban J connectivity index is 1.90. The van der Waals surface area contributed by atoms with Crippen molar-refractivity contribution in [3.8, 4) is 0 Å². The van der Waals surface area contributed by atoms with Gasteiger partial charge in [0.25, 0.3) is 0 Å². The van der Waals surface area contributed by atoms with Gasteiger partial charge in [-0.05, 0) is 40.5 Å². The molecule has 2 aromatic rings. The molecule has 0 unspecified atom stereocenters. The Morgan fingerprint density at radius 3 is 3.06 bits per heavy atom. The predicted octanol–water partition coefficient (Wildman–Crippen LogP) is 2.46. The number of pyridine rings is 1. The van der Waals surface area contributed by atoms with Gasteiger partial charge in [0.2, 0.25) is 0 Å². The molecule has 0 aliphatic heterocycles. The molecule has 0 saturated carbocycles. The normalized spacial score (nSPS) is 10.4. The largest absolute Gasteiger partial charge is 0.368 e. The van der Waals surface area contributed by atoms with Crippen LogP contribution in [0.2, 0.25) is 0 Å². The van der Waals surface area contributed by atoms with Crippen molar-refractivity contribution < 1.29 is 0 Å². The maximum Gasteiger partial charge on any atom is 0.128 e. The summed E-state index contributed by atoms with van der Waals surface area (Å²) in [4.78, 5) is 4.31. The molecule has 84 valence electrons. The maximum absolute atomic E-state index is 4.31. The molecule has 0 amide bonds. The van der Waals surface area contributed by atoms with Crippen LogP contribution in [0.5, 0.6) is 0 Å². The lowest BCUT2D eigenvalue weighted by Crippen LogP contribution is -2.12. The Labute approximate surface area is 103 Å². The number of aromatic nitrogens is 3. The van der Waals surface area contributed by atoms with Gasteiger partial charge in [0.15, 0.2) is 0 Å². The molecule has 4 nitrogen and oxygen atoms in total. The zero-order valence-corrected chi connectivity index (χ0v) is 10.6. The van der Waals surface area contributed by atoms with E-state index in [1.165, 1.54) is 0 Å². The average Bonchev–Trinajstić information content (AvgIpc) is 2.74. The number of hydrogen-bond acceptors (Lipinski definition) is 3. The molecule has 0 aromatic carbocycles. The number of halogens is 1. The summed E-state index contributed by atoms with van der Waals surface area (Å²) in [6, 6.07) is 3.96. The van der Waals surface area contributed by atoms with Gasteiger partial charge in [0, 0.05) is 29.6 Å². The smallest absolute Gasteiger partial charge is 0.128 e. The van der Waals surface area contributed by atoms with Crippen LogP contribution in [0.3, 0.4) is 0 Å². The van der Waals surface area contributed by atoms with Crippen molar-refractivity contribution in [1.29, 1.82) is 0 Å². The number of nitrogens with one attached hydrogen (secondary N) is 1. The van der Waals surface area contributed by atoms with E-state index in [0.29, 0.717) is 0 Å². The summed E-state index contributed by atoms with van der Waals surface area (Å²) >= 11 is 3.39. The summed E-state index contributed by atoms with van der Waals surface area (Å²) in [5.74, 6) is 0.926. The van der Waals surface area contributed by atoms with Crippen molar-refractivity contribution >= 4 is 21.7 Å². The molecule has 0 aliphatic carbocycles. The van der Waals surface area contributed by atoms with Gasteiger partial charge >= 0.3 is 0 Å². The van der Waals surface area contributed by atoms with Gasteiger partial charge in [0.1, 0.15) is 5.82 Å². The molecule has 0 bridgehead atoms. The second-order valence-corrected chi connectivity index (χ2v) is 4.43. The first-order valence-corrected chi connectivity index (χ1v) is 5.88. The van der Waals surface area contributed by atoms with Crippen molar-refractivity contribution in [2.75, 3.05) is 11.9 Å². The first kappa shape index (κ1) is 11.1. The molecule has 2 rings (SSSR count). The van der Waals surface area contributed by atoms with Crippen LogP contribution < -0.4 is 5.32 Å². The number of hydrogen-bond donors (Lipinski definition) is 1. The zero-order valence-electron chi connectivity index (χ0n) is 9.02. The third-order valence-electron chi connectivity index (χ3n) is 2.24. The number of aryl methyl sites for hydroxylation is 1. The summed E-state index contributed by atoms with van der Waals surface area (Å²) in [6.45, 7) is 3.69. The Kier molecular flexibility index (Phi) is 3.56. The molecule has 16 heavy (non-hydrogen) atoms. The van der Waals surface area contributed by atoms with E-state index in [2.05, 4.69) is 31.3 Å². The van der Waals surface area contributed by atoms with E-state index in [-0.39, 0.29) is 0 Å². The molecule has 2 heterocycles. The molecule has 0 radical (unpaired) electrons. The third kappa shape index (κ3) is 2.82.